The number of methoxy groups -OCH3 is 2. The Hall–Kier alpha value is -4.01. The maximum absolute atomic E-state index is 13.5. The molecule has 0 aliphatic heterocycles. The summed E-state index contributed by atoms with van der Waals surface area (Å²) in [5.41, 5.74) is 2.97. The van der Waals surface area contributed by atoms with E-state index in [0.717, 1.165) is 17.0 Å². The van der Waals surface area contributed by atoms with Crippen molar-refractivity contribution in [2.75, 3.05) is 14.2 Å². The number of aromatic nitrogens is 4. The molecule has 0 saturated carbocycles. The van der Waals surface area contributed by atoms with Crippen LogP contribution in [0.2, 0.25) is 0 Å². The SMILES string of the molecule is COc1cc(OC)cc(C(NC(=O)c2cc(C)n(-c3cc(C)on3)c2C)c2nccn2C)c1. The van der Waals surface area contributed by atoms with E-state index in [-0.39, 0.29) is 5.91 Å². The van der Waals surface area contributed by atoms with E-state index >= 15 is 0 Å². The number of ether oxygens (including phenoxy) is 2. The normalized spacial score (nSPS) is 11.9. The van der Waals surface area contributed by atoms with Crippen molar-refractivity contribution in [3.63, 3.8) is 0 Å². The van der Waals surface area contributed by atoms with Gasteiger partial charge in [0.15, 0.2) is 5.82 Å². The Labute approximate surface area is 191 Å². The predicted molar refractivity (Wildman–Crippen MR) is 122 cm³/mol. The second-order valence-corrected chi connectivity index (χ2v) is 7.86. The molecule has 0 spiro atoms. The van der Waals surface area contributed by atoms with Gasteiger partial charge in [-0.3, -0.25) is 9.36 Å². The second-order valence-electron chi connectivity index (χ2n) is 7.86. The molecule has 1 N–H and O–H groups in total. The van der Waals surface area contributed by atoms with Crippen molar-refractivity contribution in [3.8, 4) is 17.3 Å². The molecule has 3 heterocycles. The first kappa shape index (κ1) is 22.2. The number of amides is 1. The summed E-state index contributed by atoms with van der Waals surface area (Å²) in [6.45, 7) is 5.64. The highest BCUT2D eigenvalue weighted by Gasteiger charge is 2.25. The highest BCUT2D eigenvalue weighted by Crippen LogP contribution is 2.30. The van der Waals surface area contributed by atoms with Gasteiger partial charge in [0.25, 0.3) is 5.91 Å². The van der Waals surface area contributed by atoms with Crippen molar-refractivity contribution in [3.05, 3.63) is 76.8 Å². The third-order valence-corrected chi connectivity index (χ3v) is 5.62. The lowest BCUT2D eigenvalue weighted by Crippen LogP contribution is -2.31. The molecule has 1 unspecified atom stereocenters. The first-order chi connectivity index (χ1) is 15.8. The van der Waals surface area contributed by atoms with E-state index in [1.54, 1.807) is 26.5 Å². The van der Waals surface area contributed by atoms with Crippen LogP contribution in [0.4, 0.5) is 0 Å². The van der Waals surface area contributed by atoms with Gasteiger partial charge in [-0.25, -0.2) is 4.98 Å². The minimum atomic E-state index is -0.529. The van der Waals surface area contributed by atoms with Crippen LogP contribution < -0.4 is 14.8 Å². The van der Waals surface area contributed by atoms with Gasteiger partial charge >= 0.3 is 0 Å². The average molecular weight is 450 g/mol. The molecule has 4 rings (SSSR count). The van der Waals surface area contributed by atoms with Crippen molar-refractivity contribution in [2.24, 2.45) is 7.05 Å². The molecule has 9 nitrogen and oxygen atoms in total. The van der Waals surface area contributed by atoms with E-state index in [1.165, 1.54) is 0 Å². The number of nitrogens with zero attached hydrogens (tertiary/aromatic N) is 4. The molecule has 1 amide bonds. The van der Waals surface area contributed by atoms with Gasteiger partial charge in [-0.15, -0.1) is 0 Å². The standard InChI is InChI=1S/C24H27N5O4/c1-14-9-20(16(3)29(14)21-10-15(2)33-27-21)24(30)26-22(23-25-7-8-28(23)4)17-11-18(31-5)13-19(12-17)32-6/h7-13,22H,1-6H3,(H,26,30). The predicted octanol–water partition coefficient (Wildman–Crippen LogP) is 3.66. The van der Waals surface area contributed by atoms with Crippen LogP contribution in [-0.4, -0.2) is 39.4 Å². The molecule has 172 valence electrons. The third-order valence-electron chi connectivity index (χ3n) is 5.62. The molecule has 0 aliphatic carbocycles. The Bertz CT molecular complexity index is 1280. The van der Waals surface area contributed by atoms with E-state index in [4.69, 9.17) is 14.0 Å². The topological polar surface area (TPSA) is 96.3 Å². The zero-order valence-electron chi connectivity index (χ0n) is 19.5. The van der Waals surface area contributed by atoms with Crippen LogP contribution in [-0.2, 0) is 7.05 Å². The molecular weight excluding hydrogens is 422 g/mol. The number of hydrogen-bond donors (Lipinski definition) is 1. The number of imidazole rings is 1. The Morgan fingerprint density at radius 3 is 2.30 bits per heavy atom. The van der Waals surface area contributed by atoms with E-state index in [2.05, 4.69) is 15.5 Å². The number of carbonyl (C=O) groups excluding carboxylic acids is 1. The Kier molecular flexibility index (Phi) is 5.95. The quantitative estimate of drug-likeness (QED) is 0.463. The molecule has 0 saturated heterocycles. The molecule has 1 atom stereocenters. The van der Waals surface area contributed by atoms with Crippen LogP contribution in [0, 0.1) is 20.8 Å². The van der Waals surface area contributed by atoms with Crippen LogP contribution in [0.15, 0.2) is 47.2 Å². The van der Waals surface area contributed by atoms with Gasteiger partial charge in [-0.2, -0.15) is 0 Å². The van der Waals surface area contributed by atoms with Gasteiger partial charge in [0.1, 0.15) is 29.1 Å². The van der Waals surface area contributed by atoms with Gasteiger partial charge in [0, 0.05) is 43.0 Å². The molecule has 33 heavy (non-hydrogen) atoms. The lowest BCUT2D eigenvalue weighted by Gasteiger charge is -2.20. The number of hydrogen-bond acceptors (Lipinski definition) is 6. The van der Waals surface area contributed by atoms with Gasteiger partial charge in [0.05, 0.1) is 19.8 Å². The first-order valence-corrected chi connectivity index (χ1v) is 10.5. The summed E-state index contributed by atoms with van der Waals surface area (Å²) < 4.78 is 19.9. The van der Waals surface area contributed by atoms with E-state index in [0.29, 0.717) is 34.5 Å². The Balaban J connectivity index is 1.74. The number of rotatable bonds is 7. The van der Waals surface area contributed by atoms with Crippen LogP contribution in [0.3, 0.4) is 0 Å². The fourth-order valence-corrected chi connectivity index (χ4v) is 3.96. The van der Waals surface area contributed by atoms with E-state index < -0.39 is 6.04 Å². The van der Waals surface area contributed by atoms with Gasteiger partial charge in [-0.1, -0.05) is 5.16 Å². The van der Waals surface area contributed by atoms with Crippen molar-refractivity contribution < 1.29 is 18.8 Å². The van der Waals surface area contributed by atoms with Crippen LogP contribution >= 0.6 is 0 Å². The summed E-state index contributed by atoms with van der Waals surface area (Å²) in [6.07, 6.45) is 3.54. The Morgan fingerprint density at radius 2 is 1.76 bits per heavy atom. The molecule has 9 heteroatoms. The maximum atomic E-state index is 13.5. The lowest BCUT2D eigenvalue weighted by atomic mass is 10.0. The highest BCUT2D eigenvalue weighted by atomic mass is 16.5. The maximum Gasteiger partial charge on any atom is 0.253 e. The summed E-state index contributed by atoms with van der Waals surface area (Å²) >= 11 is 0. The highest BCUT2D eigenvalue weighted by molar-refractivity contribution is 5.96. The summed E-state index contributed by atoms with van der Waals surface area (Å²) in [7, 11) is 5.07. The van der Waals surface area contributed by atoms with Gasteiger partial charge in [-0.05, 0) is 44.5 Å². The minimum absolute atomic E-state index is 0.232. The fourth-order valence-electron chi connectivity index (χ4n) is 3.96. The molecule has 4 aromatic rings. The van der Waals surface area contributed by atoms with Crippen molar-refractivity contribution >= 4 is 5.91 Å². The molecule has 1 aromatic carbocycles. The Morgan fingerprint density at radius 1 is 1.06 bits per heavy atom. The second kappa shape index (κ2) is 8.85. The zero-order chi connectivity index (χ0) is 23.7. The van der Waals surface area contributed by atoms with Gasteiger partial charge in [0.2, 0.25) is 0 Å². The molecule has 3 aromatic heterocycles. The third kappa shape index (κ3) is 4.21. The fraction of sp³-hybridized carbons (Fsp3) is 0.292. The molecule has 0 fully saturated rings. The molecular formula is C24H27N5O4. The van der Waals surface area contributed by atoms with E-state index in [1.807, 2.05) is 67.4 Å². The van der Waals surface area contributed by atoms with E-state index in [9.17, 15) is 4.79 Å². The molecule has 0 bridgehead atoms. The summed E-state index contributed by atoms with van der Waals surface area (Å²) in [6, 6.07) is 8.66. The number of aryl methyl sites for hydroxylation is 3. The molecule has 0 radical (unpaired) electrons. The van der Waals surface area contributed by atoms with Crippen molar-refractivity contribution in [2.45, 2.75) is 26.8 Å². The number of nitrogens with one attached hydrogen (secondary N) is 1. The average Bonchev–Trinajstić information content (AvgIpc) is 3.50. The van der Waals surface area contributed by atoms with Crippen molar-refractivity contribution in [1.29, 1.82) is 0 Å². The molecule has 0 aliphatic rings. The smallest absolute Gasteiger partial charge is 0.253 e. The minimum Gasteiger partial charge on any atom is -0.497 e. The summed E-state index contributed by atoms with van der Waals surface area (Å²) in [4.78, 5) is 18.0. The van der Waals surface area contributed by atoms with Crippen molar-refractivity contribution in [1.82, 2.24) is 24.6 Å². The number of carbonyl (C=O) groups is 1. The number of benzene rings is 1. The summed E-state index contributed by atoms with van der Waals surface area (Å²) in [5.74, 6) is 3.03. The summed E-state index contributed by atoms with van der Waals surface area (Å²) in [5, 5.41) is 7.24. The van der Waals surface area contributed by atoms with Crippen LogP contribution in [0.5, 0.6) is 11.5 Å². The lowest BCUT2D eigenvalue weighted by molar-refractivity contribution is 0.0940. The van der Waals surface area contributed by atoms with Crippen LogP contribution in [0.25, 0.3) is 5.82 Å². The van der Waals surface area contributed by atoms with Gasteiger partial charge < -0.3 is 23.9 Å². The van der Waals surface area contributed by atoms with Crippen LogP contribution in [0.1, 0.15) is 44.9 Å². The first-order valence-electron chi connectivity index (χ1n) is 10.5. The largest absolute Gasteiger partial charge is 0.497 e. The zero-order valence-corrected chi connectivity index (χ0v) is 19.5. The monoisotopic (exact) mass is 449 g/mol.